The van der Waals surface area contributed by atoms with Gasteiger partial charge < -0.3 is 20.1 Å². The van der Waals surface area contributed by atoms with Crippen molar-refractivity contribution in [2.24, 2.45) is 0 Å². The molecule has 148 valence electrons. The van der Waals surface area contributed by atoms with Crippen LogP contribution in [0.4, 0.5) is 5.69 Å². The molecular weight excluding hydrogens is 370 g/mol. The summed E-state index contributed by atoms with van der Waals surface area (Å²) in [6, 6.07) is 15.3. The van der Waals surface area contributed by atoms with Crippen LogP contribution in [-0.4, -0.2) is 31.0 Å². The molecule has 1 aromatic heterocycles. The number of hydrogen-bond acceptors (Lipinski definition) is 5. The lowest BCUT2D eigenvalue weighted by atomic mass is 10.1. The van der Waals surface area contributed by atoms with E-state index in [1.165, 1.54) is 7.11 Å². The van der Waals surface area contributed by atoms with E-state index in [1.807, 2.05) is 6.07 Å². The second kappa shape index (κ2) is 9.36. The van der Waals surface area contributed by atoms with E-state index in [0.29, 0.717) is 34.9 Å². The monoisotopic (exact) mass is 391 g/mol. The number of carbonyl (C=O) groups excluding carboxylic acids is 2. The fourth-order valence-corrected chi connectivity index (χ4v) is 2.70. The molecule has 0 atom stereocenters. The molecule has 2 aromatic carbocycles. The molecule has 0 unspecified atom stereocenters. The Kier molecular flexibility index (Phi) is 6.42. The predicted molar refractivity (Wildman–Crippen MR) is 109 cm³/mol. The van der Waals surface area contributed by atoms with Crippen LogP contribution in [0.5, 0.6) is 11.5 Å². The molecule has 2 N–H and O–H groups in total. The van der Waals surface area contributed by atoms with Gasteiger partial charge in [-0.1, -0.05) is 12.1 Å². The van der Waals surface area contributed by atoms with Crippen molar-refractivity contribution in [2.75, 3.05) is 19.5 Å². The fourth-order valence-electron chi connectivity index (χ4n) is 2.70. The molecule has 0 saturated carbocycles. The number of rotatable bonds is 7. The van der Waals surface area contributed by atoms with E-state index < -0.39 is 0 Å². The van der Waals surface area contributed by atoms with Gasteiger partial charge in [-0.3, -0.25) is 14.6 Å². The summed E-state index contributed by atoms with van der Waals surface area (Å²) in [6.07, 6.45) is 3.36. The highest BCUT2D eigenvalue weighted by Crippen LogP contribution is 2.29. The Morgan fingerprint density at radius 1 is 0.931 bits per heavy atom. The van der Waals surface area contributed by atoms with Crippen molar-refractivity contribution in [2.45, 2.75) is 6.54 Å². The largest absolute Gasteiger partial charge is 0.497 e. The Morgan fingerprint density at radius 2 is 1.72 bits per heavy atom. The van der Waals surface area contributed by atoms with Crippen LogP contribution in [0.2, 0.25) is 0 Å². The minimum Gasteiger partial charge on any atom is -0.497 e. The highest BCUT2D eigenvalue weighted by atomic mass is 16.5. The average molecular weight is 391 g/mol. The summed E-state index contributed by atoms with van der Waals surface area (Å²) in [5.74, 6) is 0.454. The van der Waals surface area contributed by atoms with Crippen molar-refractivity contribution in [1.82, 2.24) is 10.3 Å². The first-order valence-corrected chi connectivity index (χ1v) is 8.91. The molecule has 0 radical (unpaired) electrons. The van der Waals surface area contributed by atoms with Gasteiger partial charge in [-0.2, -0.15) is 0 Å². The van der Waals surface area contributed by atoms with E-state index in [-0.39, 0.29) is 11.8 Å². The molecule has 0 aliphatic rings. The third-order valence-corrected chi connectivity index (χ3v) is 4.22. The highest BCUT2D eigenvalue weighted by molar-refractivity contribution is 6.06. The lowest BCUT2D eigenvalue weighted by Gasteiger charge is -2.12. The van der Waals surface area contributed by atoms with Gasteiger partial charge in [0.2, 0.25) is 0 Å². The van der Waals surface area contributed by atoms with Crippen molar-refractivity contribution in [3.63, 3.8) is 0 Å². The molecule has 0 bridgehead atoms. The summed E-state index contributed by atoms with van der Waals surface area (Å²) in [4.78, 5) is 29.1. The number of ether oxygens (including phenoxy) is 2. The molecule has 0 aliphatic heterocycles. The number of benzene rings is 2. The zero-order chi connectivity index (χ0) is 20.6. The molecule has 2 amide bonds. The van der Waals surface area contributed by atoms with Gasteiger partial charge in [0, 0.05) is 36.1 Å². The third-order valence-electron chi connectivity index (χ3n) is 4.22. The van der Waals surface area contributed by atoms with Gasteiger partial charge >= 0.3 is 0 Å². The van der Waals surface area contributed by atoms with Crippen LogP contribution in [0.15, 0.2) is 67.0 Å². The third kappa shape index (κ3) is 5.10. The van der Waals surface area contributed by atoms with Crippen LogP contribution in [-0.2, 0) is 6.54 Å². The Bertz CT molecular complexity index is 1010. The second-order valence-electron chi connectivity index (χ2n) is 6.15. The summed E-state index contributed by atoms with van der Waals surface area (Å²) >= 11 is 0. The number of methoxy groups -OCH3 is 2. The van der Waals surface area contributed by atoms with Crippen LogP contribution in [0.25, 0.3) is 0 Å². The van der Waals surface area contributed by atoms with Gasteiger partial charge in [0.1, 0.15) is 11.5 Å². The van der Waals surface area contributed by atoms with Crippen molar-refractivity contribution in [1.29, 1.82) is 0 Å². The molecule has 7 nitrogen and oxygen atoms in total. The molecule has 29 heavy (non-hydrogen) atoms. The number of pyridine rings is 1. The maximum Gasteiger partial charge on any atom is 0.255 e. The van der Waals surface area contributed by atoms with E-state index in [9.17, 15) is 9.59 Å². The SMILES string of the molecule is COc1ccc(OC)c(NC(=O)c2cccc(C(=O)NCc3cccnc3)c2)c1. The van der Waals surface area contributed by atoms with Crippen LogP contribution in [0.3, 0.4) is 0 Å². The van der Waals surface area contributed by atoms with Crippen molar-refractivity contribution >= 4 is 17.5 Å². The Morgan fingerprint density at radius 3 is 2.41 bits per heavy atom. The van der Waals surface area contributed by atoms with E-state index in [0.717, 1.165) is 5.56 Å². The smallest absolute Gasteiger partial charge is 0.255 e. The van der Waals surface area contributed by atoms with E-state index in [4.69, 9.17) is 9.47 Å². The van der Waals surface area contributed by atoms with E-state index in [1.54, 1.807) is 68.0 Å². The molecule has 3 aromatic rings. The maximum absolute atomic E-state index is 12.7. The molecule has 0 fully saturated rings. The number of amides is 2. The van der Waals surface area contributed by atoms with E-state index in [2.05, 4.69) is 15.6 Å². The summed E-state index contributed by atoms with van der Waals surface area (Å²) in [5, 5.41) is 5.61. The Hall–Kier alpha value is -3.87. The first-order valence-electron chi connectivity index (χ1n) is 8.91. The first kappa shape index (κ1) is 19.9. The van der Waals surface area contributed by atoms with Gasteiger partial charge in [0.05, 0.1) is 19.9 Å². The Balaban J connectivity index is 1.72. The molecule has 1 heterocycles. The highest BCUT2D eigenvalue weighted by Gasteiger charge is 2.13. The minimum atomic E-state index is -0.363. The summed E-state index contributed by atoms with van der Waals surface area (Å²) < 4.78 is 10.5. The number of anilines is 1. The van der Waals surface area contributed by atoms with E-state index >= 15 is 0 Å². The van der Waals surface area contributed by atoms with Gasteiger partial charge in [-0.05, 0) is 42.0 Å². The molecule has 3 rings (SSSR count). The summed E-state index contributed by atoms with van der Waals surface area (Å²) in [5.41, 5.74) is 2.10. The lowest BCUT2D eigenvalue weighted by Crippen LogP contribution is -2.23. The van der Waals surface area contributed by atoms with Gasteiger partial charge in [0.25, 0.3) is 11.8 Å². The van der Waals surface area contributed by atoms with Crippen molar-refractivity contribution in [3.8, 4) is 11.5 Å². The van der Waals surface area contributed by atoms with Crippen molar-refractivity contribution < 1.29 is 19.1 Å². The second-order valence-corrected chi connectivity index (χ2v) is 6.15. The van der Waals surface area contributed by atoms with Gasteiger partial charge in [0.15, 0.2) is 0 Å². The van der Waals surface area contributed by atoms with Gasteiger partial charge in [-0.15, -0.1) is 0 Å². The summed E-state index contributed by atoms with van der Waals surface area (Å²) in [6.45, 7) is 0.351. The fraction of sp³-hybridized carbons (Fsp3) is 0.136. The van der Waals surface area contributed by atoms with Gasteiger partial charge in [-0.25, -0.2) is 0 Å². The topological polar surface area (TPSA) is 89.5 Å². The number of carbonyl (C=O) groups is 2. The number of aromatic nitrogens is 1. The molecule has 0 aliphatic carbocycles. The van der Waals surface area contributed by atoms with Crippen LogP contribution >= 0.6 is 0 Å². The van der Waals surface area contributed by atoms with Crippen molar-refractivity contribution in [3.05, 3.63) is 83.7 Å². The minimum absolute atomic E-state index is 0.275. The number of hydrogen-bond donors (Lipinski definition) is 2. The number of nitrogens with zero attached hydrogens (tertiary/aromatic N) is 1. The lowest BCUT2D eigenvalue weighted by molar-refractivity contribution is 0.0951. The predicted octanol–water partition coefficient (Wildman–Crippen LogP) is 3.28. The summed E-state index contributed by atoms with van der Waals surface area (Å²) in [7, 11) is 3.06. The quantitative estimate of drug-likeness (QED) is 0.645. The van der Waals surface area contributed by atoms with Crippen LogP contribution in [0.1, 0.15) is 26.3 Å². The van der Waals surface area contributed by atoms with Crippen LogP contribution in [0, 0.1) is 0 Å². The molecule has 7 heteroatoms. The first-order chi connectivity index (χ1) is 14.1. The molecule has 0 spiro atoms. The Labute approximate surface area is 168 Å². The zero-order valence-electron chi connectivity index (χ0n) is 16.1. The standard InChI is InChI=1S/C22H21N3O4/c1-28-18-8-9-20(29-2)19(12-18)25-22(27)17-7-3-6-16(11-17)21(26)24-14-15-5-4-10-23-13-15/h3-13H,14H2,1-2H3,(H,24,26)(H,25,27). The maximum atomic E-state index is 12.7. The molecular formula is C22H21N3O4. The average Bonchev–Trinajstić information content (AvgIpc) is 2.78. The molecule has 0 saturated heterocycles. The number of nitrogens with one attached hydrogen (secondary N) is 2. The van der Waals surface area contributed by atoms with Crippen LogP contribution < -0.4 is 20.1 Å². The normalized spacial score (nSPS) is 10.1. The zero-order valence-corrected chi connectivity index (χ0v) is 16.1.